The van der Waals surface area contributed by atoms with Crippen LogP contribution in [0.2, 0.25) is 0 Å². The predicted octanol–water partition coefficient (Wildman–Crippen LogP) is 0.599. The van der Waals surface area contributed by atoms with E-state index in [9.17, 15) is 0 Å². The van der Waals surface area contributed by atoms with E-state index in [-0.39, 0.29) is 0 Å². The lowest BCUT2D eigenvalue weighted by Crippen LogP contribution is -1.90. The number of hydrogen-bond acceptors (Lipinski definition) is 4. The summed E-state index contributed by atoms with van der Waals surface area (Å²) in [5.74, 6) is 0. The fraction of sp³-hybridized carbons (Fsp3) is 0. The van der Waals surface area contributed by atoms with Gasteiger partial charge in [-0.15, -0.1) is 0 Å². The van der Waals surface area contributed by atoms with Crippen molar-refractivity contribution in [3.8, 4) is 6.07 Å². The van der Waals surface area contributed by atoms with Gasteiger partial charge < -0.3 is 16.5 Å². The number of nitrogen functional groups attached to an aromatic ring is 2. The summed E-state index contributed by atoms with van der Waals surface area (Å²) < 4.78 is 0. The normalized spacial score (nSPS) is 10.1. The summed E-state index contributed by atoms with van der Waals surface area (Å²) in [5, 5.41) is 9.30. The highest BCUT2D eigenvalue weighted by Crippen LogP contribution is 2.27. The molecular formula is C8H7N5. The highest BCUT2D eigenvalue weighted by Gasteiger charge is 2.10. The maximum absolute atomic E-state index is 8.68. The molecule has 5 nitrogen and oxygen atoms in total. The van der Waals surface area contributed by atoms with Crippen LogP contribution in [0.5, 0.6) is 0 Å². The Morgan fingerprint density at radius 2 is 2.23 bits per heavy atom. The van der Waals surface area contributed by atoms with Gasteiger partial charge in [0.05, 0.1) is 11.1 Å². The molecule has 5 N–H and O–H groups in total. The van der Waals surface area contributed by atoms with E-state index < -0.39 is 0 Å². The lowest BCUT2D eigenvalue weighted by atomic mass is 10.2. The minimum Gasteiger partial charge on any atom is -0.398 e. The average Bonchev–Trinajstić information content (AvgIpc) is 2.44. The molecule has 0 aliphatic heterocycles. The highest BCUT2D eigenvalue weighted by atomic mass is 14.9. The van der Waals surface area contributed by atoms with Gasteiger partial charge in [-0.1, -0.05) is 0 Å². The van der Waals surface area contributed by atoms with Crippen molar-refractivity contribution in [3.63, 3.8) is 0 Å². The van der Waals surface area contributed by atoms with Gasteiger partial charge in [-0.05, 0) is 6.07 Å². The standard InChI is InChI=1S/C8H7N5/c9-3-5-7(11)6-4(10)1-2-12-8(6)13-5/h1-2H,11H2,(H3,10,12,13). The van der Waals surface area contributed by atoms with Gasteiger partial charge in [0.1, 0.15) is 17.4 Å². The Hall–Kier alpha value is -2.22. The third kappa shape index (κ3) is 0.891. The van der Waals surface area contributed by atoms with Gasteiger partial charge >= 0.3 is 0 Å². The molecule has 0 fully saturated rings. The third-order valence-corrected chi connectivity index (χ3v) is 1.88. The number of rotatable bonds is 0. The van der Waals surface area contributed by atoms with E-state index in [0.717, 1.165) is 0 Å². The van der Waals surface area contributed by atoms with E-state index in [2.05, 4.69) is 9.97 Å². The summed E-state index contributed by atoms with van der Waals surface area (Å²) in [4.78, 5) is 6.78. The second-order valence-corrected chi connectivity index (χ2v) is 2.65. The SMILES string of the molecule is N#Cc1[nH]c2nccc(N)c2c1N. The number of aromatic nitrogens is 2. The van der Waals surface area contributed by atoms with E-state index in [1.807, 2.05) is 6.07 Å². The van der Waals surface area contributed by atoms with Crippen molar-refractivity contribution in [3.05, 3.63) is 18.0 Å². The molecule has 0 radical (unpaired) electrons. The molecule has 0 aromatic carbocycles. The molecule has 0 saturated heterocycles. The highest BCUT2D eigenvalue weighted by molar-refractivity contribution is 6.00. The minimum absolute atomic E-state index is 0.306. The number of nitriles is 1. The molecule has 2 aromatic heterocycles. The van der Waals surface area contributed by atoms with Crippen LogP contribution in [-0.4, -0.2) is 9.97 Å². The first kappa shape index (κ1) is 7.43. The second kappa shape index (κ2) is 2.38. The quantitative estimate of drug-likeness (QED) is 0.542. The molecule has 0 unspecified atom stereocenters. The second-order valence-electron chi connectivity index (χ2n) is 2.65. The predicted molar refractivity (Wildman–Crippen MR) is 49.6 cm³/mol. The number of anilines is 2. The Bertz CT molecular complexity index is 505. The molecule has 0 aliphatic carbocycles. The zero-order valence-electron chi connectivity index (χ0n) is 6.70. The van der Waals surface area contributed by atoms with Crippen molar-refractivity contribution in [2.24, 2.45) is 0 Å². The smallest absolute Gasteiger partial charge is 0.143 e. The van der Waals surface area contributed by atoms with Crippen LogP contribution in [0.3, 0.4) is 0 Å². The molecule has 0 saturated carbocycles. The first-order chi connectivity index (χ1) is 6.24. The van der Waals surface area contributed by atoms with Crippen molar-refractivity contribution in [2.45, 2.75) is 0 Å². The summed E-state index contributed by atoms with van der Waals surface area (Å²) in [5.41, 5.74) is 13.1. The number of H-pyrrole nitrogens is 1. The molecule has 64 valence electrons. The first-order valence-corrected chi connectivity index (χ1v) is 3.65. The Kier molecular flexibility index (Phi) is 1.36. The average molecular weight is 173 g/mol. The van der Waals surface area contributed by atoms with Crippen LogP contribution >= 0.6 is 0 Å². The Balaban J connectivity index is 2.95. The number of nitrogens with zero attached hydrogens (tertiary/aromatic N) is 2. The van der Waals surface area contributed by atoms with E-state index >= 15 is 0 Å². The van der Waals surface area contributed by atoms with Crippen molar-refractivity contribution >= 4 is 22.4 Å². The molecule has 5 heteroatoms. The molecule has 0 atom stereocenters. The lowest BCUT2D eigenvalue weighted by molar-refractivity contribution is 1.29. The first-order valence-electron chi connectivity index (χ1n) is 3.65. The fourth-order valence-corrected chi connectivity index (χ4v) is 1.25. The third-order valence-electron chi connectivity index (χ3n) is 1.88. The van der Waals surface area contributed by atoms with Crippen molar-refractivity contribution in [1.29, 1.82) is 5.26 Å². The van der Waals surface area contributed by atoms with E-state index in [1.165, 1.54) is 0 Å². The van der Waals surface area contributed by atoms with Crippen LogP contribution in [0.25, 0.3) is 11.0 Å². The maximum atomic E-state index is 8.68. The number of hydrogen-bond donors (Lipinski definition) is 3. The molecule has 0 aliphatic rings. The molecule has 0 amide bonds. The van der Waals surface area contributed by atoms with Gasteiger partial charge in [0.2, 0.25) is 0 Å². The summed E-state index contributed by atoms with van der Waals surface area (Å²) in [6.07, 6.45) is 1.56. The Labute approximate surface area is 74.0 Å². The summed E-state index contributed by atoms with van der Waals surface area (Å²) in [6.45, 7) is 0. The Morgan fingerprint density at radius 1 is 1.46 bits per heavy atom. The molecule has 13 heavy (non-hydrogen) atoms. The number of nitrogens with two attached hydrogens (primary N) is 2. The van der Waals surface area contributed by atoms with Crippen LogP contribution in [-0.2, 0) is 0 Å². The fourth-order valence-electron chi connectivity index (χ4n) is 1.25. The number of nitrogens with one attached hydrogen (secondary N) is 1. The zero-order chi connectivity index (χ0) is 9.42. The molecule has 2 aromatic rings. The number of pyridine rings is 1. The van der Waals surface area contributed by atoms with Crippen molar-refractivity contribution in [1.82, 2.24) is 9.97 Å². The molecule has 2 heterocycles. The molecule has 2 rings (SSSR count). The monoisotopic (exact) mass is 173 g/mol. The van der Waals surface area contributed by atoms with Gasteiger partial charge in [-0.2, -0.15) is 5.26 Å². The van der Waals surface area contributed by atoms with Crippen LogP contribution < -0.4 is 11.5 Å². The number of fused-ring (bicyclic) bond motifs is 1. The topological polar surface area (TPSA) is 105 Å². The van der Waals surface area contributed by atoms with Gasteiger partial charge in [-0.25, -0.2) is 4.98 Å². The van der Waals surface area contributed by atoms with E-state index in [1.54, 1.807) is 12.3 Å². The van der Waals surface area contributed by atoms with E-state index in [4.69, 9.17) is 16.7 Å². The summed E-state index contributed by atoms with van der Waals surface area (Å²) in [6, 6.07) is 3.58. The summed E-state index contributed by atoms with van der Waals surface area (Å²) >= 11 is 0. The van der Waals surface area contributed by atoms with Crippen LogP contribution in [0.4, 0.5) is 11.4 Å². The number of aromatic amines is 1. The van der Waals surface area contributed by atoms with Crippen LogP contribution in [0, 0.1) is 11.3 Å². The molecular weight excluding hydrogens is 166 g/mol. The largest absolute Gasteiger partial charge is 0.398 e. The summed E-state index contributed by atoms with van der Waals surface area (Å²) in [7, 11) is 0. The Morgan fingerprint density at radius 3 is 2.85 bits per heavy atom. The van der Waals surface area contributed by atoms with Gasteiger partial charge in [0, 0.05) is 11.9 Å². The van der Waals surface area contributed by atoms with Gasteiger partial charge in [0.25, 0.3) is 0 Å². The van der Waals surface area contributed by atoms with E-state index in [0.29, 0.717) is 28.1 Å². The van der Waals surface area contributed by atoms with Crippen molar-refractivity contribution < 1.29 is 0 Å². The zero-order valence-corrected chi connectivity index (χ0v) is 6.70. The van der Waals surface area contributed by atoms with Crippen LogP contribution in [0.1, 0.15) is 5.69 Å². The lowest BCUT2D eigenvalue weighted by Gasteiger charge is -1.94. The van der Waals surface area contributed by atoms with Crippen LogP contribution in [0.15, 0.2) is 12.3 Å². The van der Waals surface area contributed by atoms with Gasteiger partial charge in [-0.3, -0.25) is 0 Å². The van der Waals surface area contributed by atoms with Crippen molar-refractivity contribution in [2.75, 3.05) is 11.5 Å². The molecule has 0 bridgehead atoms. The van der Waals surface area contributed by atoms with Gasteiger partial charge in [0.15, 0.2) is 0 Å². The minimum atomic E-state index is 0.306. The maximum Gasteiger partial charge on any atom is 0.143 e. The molecule has 0 spiro atoms.